The van der Waals surface area contributed by atoms with Gasteiger partial charge in [-0.2, -0.15) is 0 Å². The van der Waals surface area contributed by atoms with Crippen LogP contribution in [0.5, 0.6) is 0 Å². The normalized spacial score (nSPS) is 8.00. The molecule has 0 N–H and O–H groups in total. The molecule has 0 unspecified atom stereocenters. The van der Waals surface area contributed by atoms with Gasteiger partial charge in [0.25, 0.3) is 0 Å². The molecule has 4 heavy (non-hydrogen) atoms. The quantitative estimate of drug-likeness (QED) is 0.321. The van der Waals surface area contributed by atoms with Gasteiger partial charge < -0.3 is 0 Å². The zero-order valence-corrected chi connectivity index (χ0v) is 3.46. The molecule has 0 fully saturated rings. The number of rotatable bonds is 1. The van der Waals surface area contributed by atoms with Gasteiger partial charge in [0.2, 0.25) is 0 Å². The Hall–Kier alpha value is 0.325. The summed E-state index contributed by atoms with van der Waals surface area (Å²) in [7, 11) is 5.71. The first kappa shape index (κ1) is 4.32. The molecule has 0 aromatic rings. The Morgan fingerprint density at radius 2 is 2.25 bits per heavy atom. The van der Waals surface area contributed by atoms with E-state index in [0.29, 0.717) is 0 Å². The van der Waals surface area contributed by atoms with Gasteiger partial charge in [0.15, 0.2) is 0 Å². The van der Waals surface area contributed by atoms with Crippen LogP contribution in [0, 0.1) is 0 Å². The summed E-state index contributed by atoms with van der Waals surface area (Å²) < 4.78 is 4.40. The van der Waals surface area contributed by atoms with Crippen molar-refractivity contribution in [2.75, 3.05) is 7.11 Å². The van der Waals surface area contributed by atoms with Gasteiger partial charge >= 0.3 is 27.1 Å². The van der Waals surface area contributed by atoms with Gasteiger partial charge in [0, 0.05) is 0 Å². The summed E-state index contributed by atoms with van der Waals surface area (Å²) in [6.07, 6.45) is 0. The standard InChI is InChI=1S/CH4BOP/c1-3-4-2/h2H,1H3. The Morgan fingerprint density at radius 3 is 2.25 bits per heavy atom. The summed E-state index contributed by atoms with van der Waals surface area (Å²) in [5.41, 5.74) is 0. The van der Waals surface area contributed by atoms with Gasteiger partial charge in [0.05, 0.1) is 0 Å². The van der Waals surface area contributed by atoms with Crippen LogP contribution >= 0.6 is 8.30 Å². The van der Waals surface area contributed by atoms with Gasteiger partial charge in [0.1, 0.15) is 0 Å². The Morgan fingerprint density at radius 1 is 2.00 bits per heavy atom. The monoisotopic (exact) mass is 74.0 g/mol. The van der Waals surface area contributed by atoms with Crippen molar-refractivity contribution >= 4 is 15.5 Å². The van der Waals surface area contributed by atoms with E-state index in [1.54, 1.807) is 7.11 Å². The van der Waals surface area contributed by atoms with Crippen LogP contribution in [0.15, 0.2) is 0 Å². The van der Waals surface area contributed by atoms with E-state index in [9.17, 15) is 0 Å². The minimum absolute atomic E-state index is 0.748. The van der Waals surface area contributed by atoms with Crippen LogP contribution in [0.3, 0.4) is 0 Å². The summed E-state index contributed by atoms with van der Waals surface area (Å²) in [6, 6.07) is 0. The second-order valence-electron chi connectivity index (χ2n) is 0.312. The van der Waals surface area contributed by atoms with Crippen LogP contribution in [0.1, 0.15) is 0 Å². The van der Waals surface area contributed by atoms with Gasteiger partial charge in [-0.3, -0.25) is 0 Å². The maximum absolute atomic E-state index is 4.40. The molecule has 0 aromatic heterocycles. The first-order chi connectivity index (χ1) is 1.91. The van der Waals surface area contributed by atoms with Crippen molar-refractivity contribution < 1.29 is 4.52 Å². The topological polar surface area (TPSA) is 9.23 Å². The van der Waals surface area contributed by atoms with Crippen molar-refractivity contribution in [2.24, 2.45) is 0 Å². The van der Waals surface area contributed by atoms with E-state index >= 15 is 0 Å². The molecule has 0 rings (SSSR count). The van der Waals surface area contributed by atoms with E-state index < -0.39 is 0 Å². The maximum atomic E-state index is 4.40. The van der Waals surface area contributed by atoms with E-state index in [-0.39, 0.29) is 0 Å². The van der Waals surface area contributed by atoms with Crippen LogP contribution in [-0.4, -0.2) is 14.3 Å². The van der Waals surface area contributed by atoms with Crippen molar-refractivity contribution in [1.82, 2.24) is 0 Å². The van der Waals surface area contributed by atoms with Crippen molar-refractivity contribution in [1.29, 1.82) is 0 Å². The Balaban J connectivity index is 2.30. The van der Waals surface area contributed by atoms with Crippen LogP contribution in [0.4, 0.5) is 0 Å². The van der Waals surface area contributed by atoms with Gasteiger partial charge in [-0.05, 0) is 0 Å². The average molecular weight is 73.8 g/mol. The molecule has 0 aromatic carbocycles. The molecule has 0 spiro atoms. The van der Waals surface area contributed by atoms with Crippen LogP contribution in [-0.2, 0) is 4.52 Å². The summed E-state index contributed by atoms with van der Waals surface area (Å²) in [5, 5.41) is 0. The molecule has 0 saturated carbocycles. The van der Waals surface area contributed by atoms with Gasteiger partial charge in [-0.1, -0.05) is 0 Å². The van der Waals surface area contributed by atoms with Crippen LogP contribution in [0.25, 0.3) is 0 Å². The molecule has 0 atom stereocenters. The first-order valence-electron chi connectivity index (χ1n) is 0.907. The molecule has 0 aliphatic rings. The van der Waals surface area contributed by atoms with Crippen molar-refractivity contribution in [3.63, 3.8) is 0 Å². The fourth-order valence-electron chi connectivity index (χ4n) is 0. The van der Waals surface area contributed by atoms with E-state index in [2.05, 4.69) is 11.7 Å². The first-order valence-corrected chi connectivity index (χ1v) is 1.90. The Kier molecular flexibility index (Phi) is 3.60. The number of hydrogen-bond acceptors (Lipinski definition) is 1. The average Bonchev–Trinajstić information content (AvgIpc) is 1.37. The minimum atomic E-state index is 0.748. The van der Waals surface area contributed by atoms with E-state index in [4.69, 9.17) is 0 Å². The fourth-order valence-corrected chi connectivity index (χ4v) is 0. The predicted molar refractivity (Wildman–Crippen MR) is 21.1 cm³/mol. The van der Waals surface area contributed by atoms with Crippen molar-refractivity contribution in [3.8, 4) is 0 Å². The molecule has 1 nitrogen and oxygen atoms in total. The molecule has 0 heterocycles. The second-order valence-corrected chi connectivity index (χ2v) is 0.935. The van der Waals surface area contributed by atoms with E-state index in [1.807, 2.05) is 0 Å². The molecule has 0 saturated heterocycles. The third-order valence-corrected chi connectivity index (χ3v) is 0.387. The second kappa shape index (κ2) is 3.32. The summed E-state index contributed by atoms with van der Waals surface area (Å²) in [6.45, 7) is 0. The zero-order chi connectivity index (χ0) is 3.41. The van der Waals surface area contributed by atoms with Crippen LogP contribution < -0.4 is 0 Å². The van der Waals surface area contributed by atoms with E-state index in [0.717, 1.165) is 8.30 Å². The molecular weight excluding hydrogens is 69.8 g/mol. The molecule has 0 amide bonds. The van der Waals surface area contributed by atoms with Crippen molar-refractivity contribution in [3.05, 3.63) is 0 Å². The predicted octanol–water partition coefficient (Wildman–Crippen LogP) is 0.310. The molecule has 0 aliphatic heterocycles. The summed E-state index contributed by atoms with van der Waals surface area (Å²) in [5.74, 6) is 0. The third-order valence-electron chi connectivity index (χ3n) is 0.129. The Bertz CT molecular complexity index is 22.0. The van der Waals surface area contributed by atoms with E-state index in [1.165, 1.54) is 0 Å². The summed E-state index contributed by atoms with van der Waals surface area (Å²) >= 11 is 0. The molecule has 0 aliphatic carbocycles. The van der Waals surface area contributed by atoms with Crippen molar-refractivity contribution in [2.45, 2.75) is 0 Å². The molecule has 3 heteroatoms. The fraction of sp³-hybridized carbons (Fsp3) is 1.00. The Labute approximate surface area is 28.2 Å². The molecular formula is CH4BOP. The summed E-state index contributed by atoms with van der Waals surface area (Å²) in [4.78, 5) is 0. The molecule has 22 valence electrons. The van der Waals surface area contributed by atoms with Gasteiger partial charge in [-0.15, -0.1) is 0 Å². The van der Waals surface area contributed by atoms with Gasteiger partial charge in [-0.25, -0.2) is 0 Å². The SMILES string of the molecule is B=POC. The third kappa shape index (κ3) is 2.32. The zero-order valence-electron chi connectivity index (χ0n) is 2.56. The molecule has 0 radical (unpaired) electrons. The molecule has 0 bridgehead atoms. The van der Waals surface area contributed by atoms with Crippen LogP contribution in [0.2, 0.25) is 0 Å². The number of hydrogen-bond donors (Lipinski definition) is 0.